The topological polar surface area (TPSA) is 17.1 Å². The first-order valence-electron chi connectivity index (χ1n) is 6.21. The third-order valence-corrected chi connectivity index (χ3v) is 3.44. The number of allylic oxidation sites excluding steroid dienone is 4. The zero-order chi connectivity index (χ0) is 12.0. The molecule has 0 bridgehead atoms. The number of hydrogen-bond acceptors (Lipinski definition) is 1. The molecule has 0 N–H and O–H groups in total. The third kappa shape index (κ3) is 2.73. The molecular weight excluding hydrogens is 208 g/mol. The van der Waals surface area contributed by atoms with Gasteiger partial charge in [-0.05, 0) is 24.8 Å². The highest BCUT2D eigenvalue weighted by molar-refractivity contribution is 5.49. The van der Waals surface area contributed by atoms with Gasteiger partial charge in [-0.15, -0.1) is 0 Å². The lowest BCUT2D eigenvalue weighted by Crippen LogP contribution is -2.24. The van der Waals surface area contributed by atoms with Gasteiger partial charge < -0.3 is 4.79 Å². The van der Waals surface area contributed by atoms with Gasteiger partial charge in [0.1, 0.15) is 6.29 Å². The maximum absolute atomic E-state index is 10.5. The Labute approximate surface area is 103 Å². The molecule has 0 saturated carbocycles. The zero-order valence-corrected chi connectivity index (χ0v) is 10.0. The van der Waals surface area contributed by atoms with Crippen LogP contribution in [0, 0.1) is 0 Å². The van der Waals surface area contributed by atoms with Crippen LogP contribution in [0.4, 0.5) is 0 Å². The first-order valence-corrected chi connectivity index (χ1v) is 6.21. The normalized spacial score (nSPS) is 22.6. The number of carbonyl (C=O) groups is 1. The van der Waals surface area contributed by atoms with Crippen LogP contribution in [-0.2, 0) is 10.2 Å². The van der Waals surface area contributed by atoms with Gasteiger partial charge in [0.05, 0.1) is 0 Å². The molecule has 0 heterocycles. The number of hydrogen-bond donors (Lipinski definition) is 0. The first-order chi connectivity index (χ1) is 8.37. The molecule has 0 amide bonds. The fourth-order valence-electron chi connectivity index (χ4n) is 2.48. The molecular formula is C16H18O. The molecule has 0 aromatic heterocycles. The van der Waals surface area contributed by atoms with Crippen LogP contribution in [0.5, 0.6) is 0 Å². The van der Waals surface area contributed by atoms with Crippen molar-refractivity contribution < 1.29 is 4.79 Å². The van der Waals surface area contributed by atoms with Gasteiger partial charge in [-0.3, -0.25) is 0 Å². The Morgan fingerprint density at radius 1 is 1.18 bits per heavy atom. The molecule has 0 saturated heterocycles. The summed E-state index contributed by atoms with van der Waals surface area (Å²) in [4.78, 5) is 10.5. The Morgan fingerprint density at radius 3 is 2.65 bits per heavy atom. The predicted molar refractivity (Wildman–Crippen MR) is 70.9 cm³/mol. The summed E-state index contributed by atoms with van der Waals surface area (Å²) >= 11 is 0. The molecule has 2 rings (SSSR count). The minimum Gasteiger partial charge on any atom is -0.303 e. The van der Waals surface area contributed by atoms with Crippen molar-refractivity contribution >= 4 is 6.29 Å². The Hall–Kier alpha value is -1.63. The van der Waals surface area contributed by atoms with Crippen molar-refractivity contribution in [2.24, 2.45) is 0 Å². The van der Waals surface area contributed by atoms with Crippen molar-refractivity contribution in [2.45, 2.75) is 31.1 Å². The molecule has 0 spiro atoms. The molecule has 0 aliphatic heterocycles. The number of unbranched alkanes of at least 4 members (excludes halogenated alkanes) is 1. The third-order valence-electron chi connectivity index (χ3n) is 3.44. The lowest BCUT2D eigenvalue weighted by molar-refractivity contribution is -0.107. The largest absolute Gasteiger partial charge is 0.303 e. The van der Waals surface area contributed by atoms with E-state index in [2.05, 4.69) is 48.6 Å². The molecule has 1 nitrogen and oxygen atoms in total. The van der Waals surface area contributed by atoms with E-state index in [0.29, 0.717) is 6.42 Å². The van der Waals surface area contributed by atoms with Gasteiger partial charge in [0.2, 0.25) is 0 Å². The maximum Gasteiger partial charge on any atom is 0.119 e. The summed E-state index contributed by atoms with van der Waals surface area (Å²) in [5, 5.41) is 0. The second-order valence-electron chi connectivity index (χ2n) is 4.57. The lowest BCUT2D eigenvalue weighted by Gasteiger charge is -2.32. The smallest absolute Gasteiger partial charge is 0.119 e. The molecule has 0 fully saturated rings. The van der Waals surface area contributed by atoms with E-state index in [1.165, 1.54) is 5.56 Å². The Balaban J connectivity index is 2.21. The minimum atomic E-state index is 0.0962. The highest BCUT2D eigenvalue weighted by atomic mass is 16.1. The first kappa shape index (κ1) is 11.8. The fourth-order valence-corrected chi connectivity index (χ4v) is 2.48. The average Bonchev–Trinajstić information content (AvgIpc) is 2.41. The zero-order valence-electron chi connectivity index (χ0n) is 10.0. The number of aldehydes is 1. The van der Waals surface area contributed by atoms with Crippen LogP contribution in [0.2, 0.25) is 0 Å². The summed E-state index contributed by atoms with van der Waals surface area (Å²) in [5.74, 6) is 0. The molecule has 88 valence electrons. The van der Waals surface area contributed by atoms with Gasteiger partial charge in [-0.25, -0.2) is 0 Å². The number of carbonyl (C=O) groups excluding carboxylic acids is 1. The highest BCUT2D eigenvalue weighted by Crippen LogP contribution is 2.37. The standard InChI is InChI=1S/C16H18O/c17-14-8-7-13-16(11-5-2-6-12-16)15-9-3-1-4-10-15/h1-6,9-11,14H,7-8,12-13H2. The van der Waals surface area contributed by atoms with E-state index < -0.39 is 0 Å². The highest BCUT2D eigenvalue weighted by Gasteiger charge is 2.28. The van der Waals surface area contributed by atoms with Crippen molar-refractivity contribution in [2.75, 3.05) is 0 Å². The molecule has 1 aromatic rings. The van der Waals surface area contributed by atoms with Crippen LogP contribution in [0.15, 0.2) is 54.6 Å². The summed E-state index contributed by atoms with van der Waals surface area (Å²) in [6.07, 6.45) is 13.4. The van der Waals surface area contributed by atoms with Crippen LogP contribution in [0.1, 0.15) is 31.2 Å². The van der Waals surface area contributed by atoms with Crippen LogP contribution in [0.25, 0.3) is 0 Å². The Bertz CT molecular complexity index is 416. The summed E-state index contributed by atoms with van der Waals surface area (Å²) in [5.41, 5.74) is 1.45. The molecule has 1 aliphatic rings. The summed E-state index contributed by atoms with van der Waals surface area (Å²) in [7, 11) is 0. The van der Waals surface area contributed by atoms with Gasteiger partial charge in [-0.1, -0.05) is 54.6 Å². The van der Waals surface area contributed by atoms with Crippen LogP contribution in [-0.4, -0.2) is 6.29 Å². The van der Waals surface area contributed by atoms with Gasteiger partial charge >= 0.3 is 0 Å². The van der Waals surface area contributed by atoms with Crippen molar-refractivity contribution in [1.82, 2.24) is 0 Å². The van der Waals surface area contributed by atoms with Crippen LogP contribution < -0.4 is 0 Å². The monoisotopic (exact) mass is 226 g/mol. The van der Waals surface area contributed by atoms with E-state index in [0.717, 1.165) is 25.5 Å². The number of rotatable bonds is 5. The molecule has 1 atom stereocenters. The second kappa shape index (κ2) is 5.62. The van der Waals surface area contributed by atoms with Crippen LogP contribution in [0.3, 0.4) is 0 Å². The summed E-state index contributed by atoms with van der Waals surface area (Å²) in [6.45, 7) is 0. The Morgan fingerprint density at radius 2 is 2.00 bits per heavy atom. The molecule has 1 aromatic carbocycles. The lowest BCUT2D eigenvalue weighted by atomic mass is 9.72. The van der Waals surface area contributed by atoms with E-state index in [9.17, 15) is 4.79 Å². The molecule has 0 radical (unpaired) electrons. The van der Waals surface area contributed by atoms with E-state index in [-0.39, 0.29) is 5.41 Å². The SMILES string of the molecule is O=CCCCC1(c2ccccc2)C=CC=CC1. The van der Waals surface area contributed by atoms with Crippen LogP contribution >= 0.6 is 0 Å². The molecule has 1 aliphatic carbocycles. The van der Waals surface area contributed by atoms with Crippen molar-refractivity contribution in [3.8, 4) is 0 Å². The molecule has 1 heteroatoms. The van der Waals surface area contributed by atoms with Gasteiger partial charge in [0, 0.05) is 11.8 Å². The molecule has 17 heavy (non-hydrogen) atoms. The second-order valence-corrected chi connectivity index (χ2v) is 4.57. The molecule has 1 unspecified atom stereocenters. The van der Waals surface area contributed by atoms with Crippen molar-refractivity contribution in [1.29, 1.82) is 0 Å². The van der Waals surface area contributed by atoms with Crippen molar-refractivity contribution in [3.05, 3.63) is 60.2 Å². The predicted octanol–water partition coefficient (Wildman–Crippen LogP) is 3.81. The van der Waals surface area contributed by atoms with E-state index >= 15 is 0 Å². The Kier molecular flexibility index (Phi) is 3.92. The summed E-state index contributed by atoms with van der Waals surface area (Å²) < 4.78 is 0. The average molecular weight is 226 g/mol. The van der Waals surface area contributed by atoms with Crippen molar-refractivity contribution in [3.63, 3.8) is 0 Å². The summed E-state index contributed by atoms with van der Waals surface area (Å²) in [6, 6.07) is 10.6. The van der Waals surface area contributed by atoms with Gasteiger partial charge in [0.15, 0.2) is 0 Å². The van der Waals surface area contributed by atoms with E-state index in [1.54, 1.807) is 0 Å². The quantitative estimate of drug-likeness (QED) is 0.551. The number of benzene rings is 1. The maximum atomic E-state index is 10.5. The van der Waals surface area contributed by atoms with E-state index in [4.69, 9.17) is 0 Å². The van der Waals surface area contributed by atoms with Gasteiger partial charge in [0.25, 0.3) is 0 Å². The van der Waals surface area contributed by atoms with Gasteiger partial charge in [-0.2, -0.15) is 0 Å². The minimum absolute atomic E-state index is 0.0962. The fraction of sp³-hybridized carbons (Fsp3) is 0.312. The van der Waals surface area contributed by atoms with E-state index in [1.807, 2.05) is 6.07 Å².